The lowest BCUT2D eigenvalue weighted by Crippen LogP contribution is -2.14. The molecule has 0 saturated heterocycles. The van der Waals surface area contributed by atoms with Crippen LogP contribution in [0.15, 0.2) is 59.4 Å². The van der Waals surface area contributed by atoms with Crippen molar-refractivity contribution in [2.24, 2.45) is 0 Å². The lowest BCUT2D eigenvalue weighted by atomic mass is 10.1. The van der Waals surface area contributed by atoms with Crippen LogP contribution >= 0.6 is 11.3 Å². The van der Waals surface area contributed by atoms with Gasteiger partial charge in [0, 0.05) is 23.2 Å². The highest BCUT2D eigenvalue weighted by molar-refractivity contribution is 7.07. The molecule has 0 bridgehead atoms. The van der Waals surface area contributed by atoms with Gasteiger partial charge in [-0.05, 0) is 42.3 Å². The summed E-state index contributed by atoms with van der Waals surface area (Å²) in [5.74, 6) is -0.647. The largest absolute Gasteiger partial charge is 0.416 e. The van der Waals surface area contributed by atoms with Gasteiger partial charge in [-0.15, -0.1) is 11.3 Å². The predicted octanol–water partition coefficient (Wildman–Crippen LogP) is 4.99. The average Bonchev–Trinajstić information content (AvgIpc) is 3.22. The summed E-state index contributed by atoms with van der Waals surface area (Å²) in [6.07, 6.45) is -4.17. The first-order valence-electron chi connectivity index (χ1n) is 8.57. The summed E-state index contributed by atoms with van der Waals surface area (Å²) in [6, 6.07) is 11.4. The maximum atomic E-state index is 12.7. The summed E-state index contributed by atoms with van der Waals surface area (Å²) >= 11 is 1.32. The van der Waals surface area contributed by atoms with Crippen LogP contribution in [0.5, 0.6) is 0 Å². The standard InChI is InChI=1S/C20H16F3N3O2S/c21-20(22,23)14-3-1-2-13(10-14)4-9-18(27)25-15-5-7-16(8-6-15)26-19(28)17-11-29-12-24-17/h1-3,5-8,10-12H,4,9H2,(H,25,27)(H,26,28). The molecule has 0 aliphatic heterocycles. The Labute approximate surface area is 168 Å². The molecule has 1 aromatic heterocycles. The Hall–Kier alpha value is -3.20. The van der Waals surface area contributed by atoms with Crippen LogP contribution in [0.4, 0.5) is 24.5 Å². The summed E-state index contributed by atoms with van der Waals surface area (Å²) in [4.78, 5) is 27.9. The van der Waals surface area contributed by atoms with Crippen molar-refractivity contribution in [1.82, 2.24) is 4.98 Å². The molecule has 0 aliphatic carbocycles. The molecular weight excluding hydrogens is 403 g/mol. The molecule has 0 atom stereocenters. The number of carbonyl (C=O) groups is 2. The SMILES string of the molecule is O=C(CCc1cccc(C(F)(F)F)c1)Nc1ccc(NC(=O)c2cscn2)cc1. The molecule has 29 heavy (non-hydrogen) atoms. The van der Waals surface area contributed by atoms with E-state index in [0.717, 1.165) is 12.1 Å². The molecule has 0 fully saturated rings. The van der Waals surface area contributed by atoms with Gasteiger partial charge in [-0.2, -0.15) is 13.2 Å². The van der Waals surface area contributed by atoms with Gasteiger partial charge in [0.25, 0.3) is 5.91 Å². The van der Waals surface area contributed by atoms with Crippen LogP contribution in [0.3, 0.4) is 0 Å². The Kier molecular flexibility index (Phi) is 6.28. The van der Waals surface area contributed by atoms with E-state index in [2.05, 4.69) is 15.6 Å². The van der Waals surface area contributed by atoms with E-state index in [1.54, 1.807) is 41.2 Å². The van der Waals surface area contributed by atoms with Crippen molar-refractivity contribution in [3.8, 4) is 0 Å². The van der Waals surface area contributed by atoms with Crippen molar-refractivity contribution in [3.05, 3.63) is 76.2 Å². The predicted molar refractivity (Wildman–Crippen MR) is 105 cm³/mol. The van der Waals surface area contributed by atoms with Crippen molar-refractivity contribution in [2.45, 2.75) is 19.0 Å². The van der Waals surface area contributed by atoms with E-state index in [-0.39, 0.29) is 24.7 Å². The van der Waals surface area contributed by atoms with E-state index in [4.69, 9.17) is 0 Å². The Morgan fingerprint density at radius 1 is 1.00 bits per heavy atom. The van der Waals surface area contributed by atoms with Gasteiger partial charge >= 0.3 is 6.18 Å². The van der Waals surface area contributed by atoms with E-state index in [1.807, 2.05) is 0 Å². The first-order valence-corrected chi connectivity index (χ1v) is 9.51. The number of benzene rings is 2. The van der Waals surface area contributed by atoms with Gasteiger partial charge in [0.2, 0.25) is 5.91 Å². The van der Waals surface area contributed by atoms with Gasteiger partial charge < -0.3 is 10.6 Å². The number of aromatic nitrogens is 1. The van der Waals surface area contributed by atoms with Gasteiger partial charge in [0.1, 0.15) is 5.69 Å². The minimum absolute atomic E-state index is 0.0453. The molecule has 3 rings (SSSR count). The molecule has 0 saturated carbocycles. The van der Waals surface area contributed by atoms with Gasteiger partial charge in [0.05, 0.1) is 11.1 Å². The molecule has 1 heterocycles. The number of amides is 2. The fraction of sp³-hybridized carbons (Fsp3) is 0.150. The third kappa shape index (κ3) is 5.89. The van der Waals surface area contributed by atoms with Gasteiger partial charge in [-0.1, -0.05) is 18.2 Å². The highest BCUT2D eigenvalue weighted by atomic mass is 32.1. The second-order valence-electron chi connectivity index (χ2n) is 6.15. The fourth-order valence-electron chi connectivity index (χ4n) is 2.54. The van der Waals surface area contributed by atoms with Gasteiger partial charge in [-0.25, -0.2) is 4.98 Å². The van der Waals surface area contributed by atoms with Crippen LogP contribution < -0.4 is 10.6 Å². The molecule has 0 radical (unpaired) electrons. The number of aryl methyl sites for hydroxylation is 1. The highest BCUT2D eigenvalue weighted by Crippen LogP contribution is 2.29. The lowest BCUT2D eigenvalue weighted by molar-refractivity contribution is -0.137. The maximum absolute atomic E-state index is 12.7. The number of carbonyl (C=O) groups excluding carboxylic acids is 2. The number of nitrogens with one attached hydrogen (secondary N) is 2. The normalized spacial score (nSPS) is 11.1. The molecule has 2 N–H and O–H groups in total. The van der Waals surface area contributed by atoms with Crippen LogP contribution in [0, 0.1) is 0 Å². The number of rotatable bonds is 6. The molecule has 2 aromatic carbocycles. The lowest BCUT2D eigenvalue weighted by Gasteiger charge is -2.09. The molecule has 0 unspecified atom stereocenters. The van der Waals surface area contributed by atoms with E-state index in [1.165, 1.54) is 17.4 Å². The first-order chi connectivity index (χ1) is 13.8. The zero-order valence-corrected chi connectivity index (χ0v) is 15.8. The fourth-order valence-corrected chi connectivity index (χ4v) is 3.07. The van der Waals surface area contributed by atoms with E-state index >= 15 is 0 Å². The minimum atomic E-state index is -4.41. The molecule has 3 aromatic rings. The van der Waals surface area contributed by atoms with Crippen LogP contribution in [0.2, 0.25) is 0 Å². The van der Waals surface area contributed by atoms with Gasteiger partial charge in [-0.3, -0.25) is 9.59 Å². The second-order valence-corrected chi connectivity index (χ2v) is 6.87. The van der Waals surface area contributed by atoms with Crippen molar-refractivity contribution < 1.29 is 22.8 Å². The number of thiazole rings is 1. The summed E-state index contributed by atoms with van der Waals surface area (Å²) in [7, 11) is 0. The number of anilines is 2. The number of hydrogen-bond acceptors (Lipinski definition) is 4. The Bertz CT molecular complexity index is 987. The quantitative estimate of drug-likeness (QED) is 0.592. The Morgan fingerprint density at radius 3 is 2.31 bits per heavy atom. The third-order valence-corrected chi connectivity index (χ3v) is 4.57. The zero-order chi connectivity index (χ0) is 20.9. The summed E-state index contributed by atoms with van der Waals surface area (Å²) in [5, 5.41) is 7.00. The molecule has 0 spiro atoms. The number of nitrogens with zero attached hydrogens (tertiary/aromatic N) is 1. The average molecular weight is 419 g/mol. The van der Waals surface area contributed by atoms with Crippen molar-refractivity contribution in [1.29, 1.82) is 0 Å². The van der Waals surface area contributed by atoms with Crippen molar-refractivity contribution in [2.75, 3.05) is 10.6 Å². The molecule has 150 valence electrons. The van der Waals surface area contributed by atoms with Crippen LogP contribution in [-0.2, 0) is 17.4 Å². The minimum Gasteiger partial charge on any atom is -0.326 e. The van der Waals surface area contributed by atoms with Gasteiger partial charge in [0.15, 0.2) is 0 Å². The Morgan fingerprint density at radius 2 is 1.69 bits per heavy atom. The summed E-state index contributed by atoms with van der Waals surface area (Å²) in [5.41, 5.74) is 2.66. The first kappa shape index (κ1) is 20.5. The van der Waals surface area contributed by atoms with Crippen LogP contribution in [0.25, 0.3) is 0 Å². The number of hydrogen-bond donors (Lipinski definition) is 2. The highest BCUT2D eigenvalue weighted by Gasteiger charge is 2.30. The molecule has 9 heteroatoms. The summed E-state index contributed by atoms with van der Waals surface area (Å²) < 4.78 is 38.2. The van der Waals surface area contributed by atoms with Crippen LogP contribution in [-0.4, -0.2) is 16.8 Å². The second kappa shape index (κ2) is 8.87. The topological polar surface area (TPSA) is 71.1 Å². The van der Waals surface area contributed by atoms with Crippen molar-refractivity contribution >= 4 is 34.5 Å². The molecule has 2 amide bonds. The third-order valence-electron chi connectivity index (χ3n) is 3.99. The Balaban J connectivity index is 1.51. The maximum Gasteiger partial charge on any atom is 0.416 e. The summed E-state index contributed by atoms with van der Waals surface area (Å²) in [6.45, 7) is 0. The van der Waals surface area contributed by atoms with E-state index in [9.17, 15) is 22.8 Å². The van der Waals surface area contributed by atoms with E-state index in [0.29, 0.717) is 22.6 Å². The van der Waals surface area contributed by atoms with Crippen molar-refractivity contribution in [3.63, 3.8) is 0 Å². The number of alkyl halides is 3. The number of halogens is 3. The molecular formula is C20H16F3N3O2S. The van der Waals surface area contributed by atoms with Crippen LogP contribution in [0.1, 0.15) is 28.0 Å². The molecule has 5 nitrogen and oxygen atoms in total. The van der Waals surface area contributed by atoms with E-state index < -0.39 is 11.7 Å². The monoisotopic (exact) mass is 419 g/mol. The molecule has 0 aliphatic rings. The zero-order valence-electron chi connectivity index (χ0n) is 15.0. The smallest absolute Gasteiger partial charge is 0.326 e.